The van der Waals surface area contributed by atoms with Gasteiger partial charge in [0, 0.05) is 24.9 Å². The first-order valence-electron chi connectivity index (χ1n) is 11.5. The molecule has 0 saturated carbocycles. The number of imidazole rings is 1. The van der Waals surface area contributed by atoms with Crippen LogP contribution in [-0.2, 0) is 25.6 Å². The van der Waals surface area contributed by atoms with Crippen molar-refractivity contribution in [2.75, 3.05) is 13.2 Å². The summed E-state index contributed by atoms with van der Waals surface area (Å²) in [6, 6.07) is -4.69. The molecule has 4 unspecified atom stereocenters. The highest BCUT2D eigenvalue weighted by molar-refractivity contribution is 5.94. The predicted molar refractivity (Wildman–Crippen MR) is 130 cm³/mol. The fourth-order valence-corrected chi connectivity index (χ4v) is 3.19. The largest absolute Gasteiger partial charge is 0.480 e. The van der Waals surface area contributed by atoms with E-state index in [1.54, 1.807) is 0 Å². The average Bonchev–Trinajstić information content (AvgIpc) is 3.31. The lowest BCUT2D eigenvalue weighted by atomic mass is 10.0. The number of carbonyl (C=O) groups is 4. The number of aliphatic imine (C=N–C) groups is 1. The van der Waals surface area contributed by atoms with Gasteiger partial charge in [0.1, 0.15) is 18.1 Å². The summed E-state index contributed by atoms with van der Waals surface area (Å²) >= 11 is 0. The van der Waals surface area contributed by atoms with Crippen LogP contribution in [0.15, 0.2) is 17.5 Å². The quantitative estimate of drug-likeness (QED) is 0.0613. The number of aromatic nitrogens is 2. The average molecular weight is 512 g/mol. The number of aliphatic carboxylic acids is 1. The SMILES string of the molecule is CC(C)CC(NC(=O)C(Cc1cnc[nH]1)NC(=O)C(N)CCCN=C(N)N)C(=O)NC(CO)C(=O)O. The second kappa shape index (κ2) is 15.3. The number of hydrogen-bond acceptors (Lipinski definition) is 8. The van der Waals surface area contributed by atoms with E-state index < -0.39 is 54.5 Å². The lowest BCUT2D eigenvalue weighted by Gasteiger charge is -2.25. The Morgan fingerprint density at radius 3 is 2.19 bits per heavy atom. The molecule has 0 radical (unpaired) electrons. The van der Waals surface area contributed by atoms with Crippen molar-refractivity contribution in [1.82, 2.24) is 25.9 Å². The lowest BCUT2D eigenvalue weighted by molar-refractivity contribution is -0.143. The monoisotopic (exact) mass is 511 g/mol. The third kappa shape index (κ3) is 11.1. The number of carboxylic acid groups (broad SMARTS) is 1. The normalized spacial score (nSPS) is 14.2. The third-order valence-corrected chi connectivity index (χ3v) is 5.05. The molecule has 0 spiro atoms. The molecule has 202 valence electrons. The molecule has 0 bridgehead atoms. The second-order valence-corrected chi connectivity index (χ2v) is 8.67. The number of hydrogen-bond donors (Lipinski definition) is 9. The number of guanidine groups is 1. The number of aliphatic hydroxyl groups excluding tert-OH is 1. The first-order valence-corrected chi connectivity index (χ1v) is 11.5. The van der Waals surface area contributed by atoms with Crippen LogP contribution in [0.5, 0.6) is 0 Å². The van der Waals surface area contributed by atoms with Crippen LogP contribution in [0.2, 0.25) is 0 Å². The van der Waals surface area contributed by atoms with E-state index in [4.69, 9.17) is 22.3 Å². The van der Waals surface area contributed by atoms with Crippen LogP contribution >= 0.6 is 0 Å². The Labute approximate surface area is 208 Å². The highest BCUT2D eigenvalue weighted by Crippen LogP contribution is 2.08. The number of nitrogens with two attached hydrogens (primary N) is 3. The molecular weight excluding hydrogens is 474 g/mol. The summed E-state index contributed by atoms with van der Waals surface area (Å²) in [5.41, 5.74) is 17.0. The Hall–Kier alpha value is -3.72. The van der Waals surface area contributed by atoms with Crippen molar-refractivity contribution < 1.29 is 29.4 Å². The Morgan fingerprint density at radius 2 is 1.67 bits per heavy atom. The summed E-state index contributed by atoms with van der Waals surface area (Å²) in [5, 5.41) is 25.7. The Morgan fingerprint density at radius 1 is 1.06 bits per heavy atom. The number of carbonyl (C=O) groups excluding carboxylic acids is 3. The fraction of sp³-hybridized carbons (Fsp3) is 0.619. The van der Waals surface area contributed by atoms with Crippen LogP contribution in [0.25, 0.3) is 0 Å². The zero-order valence-corrected chi connectivity index (χ0v) is 20.4. The molecule has 4 atom stereocenters. The van der Waals surface area contributed by atoms with Crippen LogP contribution in [0, 0.1) is 5.92 Å². The minimum Gasteiger partial charge on any atom is -0.480 e. The van der Waals surface area contributed by atoms with E-state index in [-0.39, 0.29) is 31.1 Å². The van der Waals surface area contributed by atoms with E-state index in [2.05, 4.69) is 30.9 Å². The first kappa shape index (κ1) is 30.3. The summed E-state index contributed by atoms with van der Waals surface area (Å²) in [5.74, 6) is -3.58. The maximum Gasteiger partial charge on any atom is 0.328 e. The summed E-state index contributed by atoms with van der Waals surface area (Å²) in [6.45, 7) is 3.11. The third-order valence-electron chi connectivity index (χ3n) is 5.05. The molecule has 1 heterocycles. The molecule has 36 heavy (non-hydrogen) atoms. The molecule has 0 saturated heterocycles. The molecule has 0 aliphatic rings. The van der Waals surface area contributed by atoms with Crippen molar-refractivity contribution >= 4 is 29.7 Å². The molecule has 1 rings (SSSR count). The Bertz CT molecular complexity index is 886. The van der Waals surface area contributed by atoms with E-state index >= 15 is 0 Å². The van der Waals surface area contributed by atoms with Gasteiger partial charge in [-0.2, -0.15) is 0 Å². The second-order valence-electron chi connectivity index (χ2n) is 8.67. The molecule has 3 amide bonds. The van der Waals surface area contributed by atoms with Crippen LogP contribution < -0.4 is 33.2 Å². The van der Waals surface area contributed by atoms with Crippen LogP contribution in [0.1, 0.15) is 38.8 Å². The molecule has 1 aromatic rings. The zero-order valence-electron chi connectivity index (χ0n) is 20.4. The molecule has 0 aromatic carbocycles. The fourth-order valence-electron chi connectivity index (χ4n) is 3.19. The van der Waals surface area contributed by atoms with Gasteiger partial charge in [-0.3, -0.25) is 19.4 Å². The molecule has 1 aromatic heterocycles. The van der Waals surface area contributed by atoms with E-state index in [1.807, 2.05) is 13.8 Å². The molecule has 0 fully saturated rings. The number of nitrogens with one attached hydrogen (secondary N) is 4. The van der Waals surface area contributed by atoms with Gasteiger partial charge in [-0.1, -0.05) is 13.8 Å². The van der Waals surface area contributed by atoms with Gasteiger partial charge >= 0.3 is 5.97 Å². The van der Waals surface area contributed by atoms with Gasteiger partial charge in [-0.15, -0.1) is 0 Å². The van der Waals surface area contributed by atoms with Gasteiger partial charge in [0.2, 0.25) is 17.7 Å². The Kier molecular flexibility index (Phi) is 12.9. The van der Waals surface area contributed by atoms with E-state index in [0.29, 0.717) is 18.7 Å². The van der Waals surface area contributed by atoms with Gasteiger partial charge in [0.25, 0.3) is 0 Å². The van der Waals surface area contributed by atoms with Crippen LogP contribution in [0.4, 0.5) is 0 Å². The maximum absolute atomic E-state index is 13.2. The standard InChI is InChI=1S/C21H37N9O6/c1-11(2)6-14(18(33)30-16(9-31)20(35)36)29-19(34)15(7-12-8-25-10-27-12)28-17(32)13(22)4-3-5-26-21(23)24/h8,10-11,13-16,31H,3-7,9,22H2,1-2H3,(H,25,27)(H,28,32)(H,29,34)(H,30,33)(H,35,36)(H4,23,24,26). The number of aromatic amines is 1. The van der Waals surface area contributed by atoms with Crippen molar-refractivity contribution in [3.8, 4) is 0 Å². The smallest absolute Gasteiger partial charge is 0.328 e. The summed E-state index contributed by atoms with van der Waals surface area (Å²) in [4.78, 5) is 60.3. The summed E-state index contributed by atoms with van der Waals surface area (Å²) in [7, 11) is 0. The van der Waals surface area contributed by atoms with Gasteiger partial charge in [0.05, 0.1) is 19.0 Å². The number of nitrogens with zero attached hydrogens (tertiary/aromatic N) is 2. The van der Waals surface area contributed by atoms with E-state index in [0.717, 1.165) is 0 Å². The predicted octanol–water partition coefficient (Wildman–Crippen LogP) is -3.09. The minimum absolute atomic E-state index is 0.0305. The van der Waals surface area contributed by atoms with Crippen molar-refractivity contribution in [1.29, 1.82) is 0 Å². The van der Waals surface area contributed by atoms with Crippen molar-refractivity contribution in [3.63, 3.8) is 0 Å². The van der Waals surface area contributed by atoms with Gasteiger partial charge in [-0.25, -0.2) is 9.78 Å². The molecule has 15 nitrogen and oxygen atoms in total. The number of amides is 3. The van der Waals surface area contributed by atoms with E-state index in [1.165, 1.54) is 12.5 Å². The van der Waals surface area contributed by atoms with Crippen molar-refractivity contribution in [2.45, 2.75) is 63.7 Å². The molecule has 0 aliphatic carbocycles. The van der Waals surface area contributed by atoms with E-state index in [9.17, 15) is 24.3 Å². The number of rotatable bonds is 16. The Balaban J connectivity index is 2.96. The zero-order chi connectivity index (χ0) is 27.3. The minimum atomic E-state index is -1.53. The maximum atomic E-state index is 13.2. The van der Waals surface area contributed by atoms with Crippen molar-refractivity contribution in [2.24, 2.45) is 28.1 Å². The van der Waals surface area contributed by atoms with Gasteiger partial charge in [0.15, 0.2) is 5.96 Å². The molecule has 15 heteroatoms. The topological polar surface area (TPSA) is 264 Å². The van der Waals surface area contributed by atoms with Gasteiger partial charge < -0.3 is 48.3 Å². The number of carboxylic acids is 1. The number of H-pyrrole nitrogens is 1. The highest BCUT2D eigenvalue weighted by atomic mass is 16.4. The molecule has 12 N–H and O–H groups in total. The van der Waals surface area contributed by atoms with Crippen molar-refractivity contribution in [3.05, 3.63) is 18.2 Å². The summed E-state index contributed by atoms with van der Waals surface area (Å²) < 4.78 is 0. The summed E-state index contributed by atoms with van der Waals surface area (Å²) in [6.07, 6.45) is 3.82. The number of aliphatic hydroxyl groups is 1. The lowest BCUT2D eigenvalue weighted by Crippen LogP contribution is -2.58. The molecular formula is C21H37N9O6. The highest BCUT2D eigenvalue weighted by Gasteiger charge is 2.31. The first-order chi connectivity index (χ1) is 16.9. The van der Waals surface area contributed by atoms with Crippen LogP contribution in [0.3, 0.4) is 0 Å². The van der Waals surface area contributed by atoms with Crippen LogP contribution in [-0.4, -0.2) is 87.2 Å². The molecule has 0 aliphatic heterocycles. The van der Waals surface area contributed by atoms with Gasteiger partial charge in [-0.05, 0) is 25.2 Å².